The van der Waals surface area contributed by atoms with E-state index in [1.807, 2.05) is 0 Å². The Morgan fingerprint density at radius 3 is 2.50 bits per heavy atom. The monoisotopic (exact) mass is 266 g/mol. The molecule has 4 aliphatic rings. The maximum atomic E-state index is 4.06. The summed E-state index contributed by atoms with van der Waals surface area (Å²) in [6.07, 6.45) is 10.8. The lowest BCUT2D eigenvalue weighted by Gasteiger charge is -2.62. The first-order valence-electron chi connectivity index (χ1n) is 8.40. The number of rotatable bonds is 3. The maximum absolute atomic E-state index is 4.06. The quantitative estimate of drug-likeness (QED) is 0.654. The topological polar surface area (TPSA) is 0 Å². The third kappa shape index (κ3) is 1.66. The number of hydrogen-bond donors (Lipinski definition) is 0. The van der Waals surface area contributed by atoms with Gasteiger partial charge in [-0.05, 0) is 85.7 Å². The Morgan fingerprint density at radius 1 is 1.15 bits per heavy atom. The number of aryl methyl sites for hydroxylation is 1. The van der Waals surface area contributed by atoms with Crippen LogP contribution in [0.25, 0.3) is 0 Å². The second-order valence-electron chi connectivity index (χ2n) is 7.71. The molecule has 0 nitrogen and oxygen atoms in total. The average Bonchev–Trinajstić information content (AvgIpc) is 2.42. The van der Waals surface area contributed by atoms with Crippen LogP contribution in [0, 0.1) is 30.6 Å². The van der Waals surface area contributed by atoms with Crippen LogP contribution in [-0.2, 0) is 5.41 Å². The van der Waals surface area contributed by atoms with E-state index in [-0.39, 0.29) is 0 Å². The second kappa shape index (κ2) is 4.48. The summed E-state index contributed by atoms with van der Waals surface area (Å²) in [5, 5.41) is 0. The first-order chi connectivity index (χ1) is 9.73. The van der Waals surface area contributed by atoms with E-state index in [0.717, 1.165) is 23.7 Å². The van der Waals surface area contributed by atoms with Gasteiger partial charge in [-0.2, -0.15) is 0 Å². The number of allylic oxidation sites excluding steroid dienone is 1. The van der Waals surface area contributed by atoms with E-state index in [1.165, 1.54) is 44.1 Å². The smallest absolute Gasteiger partial charge is 0.000528 e. The number of hydrogen-bond acceptors (Lipinski definition) is 0. The van der Waals surface area contributed by atoms with Crippen molar-refractivity contribution in [2.45, 2.75) is 50.9 Å². The van der Waals surface area contributed by atoms with Gasteiger partial charge in [0.2, 0.25) is 0 Å². The van der Waals surface area contributed by atoms with Gasteiger partial charge in [0.05, 0.1) is 0 Å². The summed E-state index contributed by atoms with van der Waals surface area (Å²) < 4.78 is 0. The molecule has 1 aromatic rings. The van der Waals surface area contributed by atoms with Crippen LogP contribution in [0.3, 0.4) is 0 Å². The molecule has 1 aromatic carbocycles. The highest BCUT2D eigenvalue weighted by atomic mass is 14.6. The fraction of sp³-hybridized carbons (Fsp3) is 0.600. The molecule has 4 aliphatic carbocycles. The van der Waals surface area contributed by atoms with Gasteiger partial charge in [0.25, 0.3) is 0 Å². The van der Waals surface area contributed by atoms with Crippen molar-refractivity contribution < 1.29 is 0 Å². The molecule has 0 aliphatic heterocycles. The van der Waals surface area contributed by atoms with Crippen LogP contribution in [0.5, 0.6) is 0 Å². The molecule has 0 spiro atoms. The lowest BCUT2D eigenvalue weighted by atomic mass is 9.43. The van der Waals surface area contributed by atoms with Crippen molar-refractivity contribution in [3.63, 3.8) is 0 Å². The van der Waals surface area contributed by atoms with Crippen LogP contribution in [0.1, 0.15) is 49.7 Å². The average molecular weight is 266 g/mol. The van der Waals surface area contributed by atoms with E-state index < -0.39 is 0 Å². The van der Waals surface area contributed by atoms with Crippen LogP contribution in [0.4, 0.5) is 0 Å². The van der Waals surface area contributed by atoms with Gasteiger partial charge in [-0.1, -0.05) is 30.3 Å². The minimum absolute atomic E-state index is 0.480. The zero-order chi connectivity index (χ0) is 13.7. The highest BCUT2D eigenvalue weighted by molar-refractivity contribution is 5.37. The first-order valence-corrected chi connectivity index (χ1v) is 8.40. The van der Waals surface area contributed by atoms with E-state index in [1.54, 1.807) is 5.56 Å². The largest absolute Gasteiger partial charge is 0.103 e. The predicted molar refractivity (Wildman–Crippen MR) is 84.7 cm³/mol. The second-order valence-corrected chi connectivity index (χ2v) is 7.71. The summed E-state index contributed by atoms with van der Waals surface area (Å²) in [4.78, 5) is 0. The Balaban J connectivity index is 1.84. The molecule has 0 heterocycles. The van der Waals surface area contributed by atoms with E-state index in [2.05, 4.69) is 43.8 Å². The summed E-state index contributed by atoms with van der Waals surface area (Å²) in [6.45, 7) is 6.38. The molecule has 0 heteroatoms. The fourth-order valence-electron chi connectivity index (χ4n) is 6.29. The SMILES string of the molecule is C=CCC1C2CC3CC(C2)CC1(c1ccccc1C)C3. The first kappa shape index (κ1) is 12.7. The third-order valence-corrected chi connectivity index (χ3v) is 6.63. The molecule has 0 aromatic heterocycles. The van der Waals surface area contributed by atoms with E-state index >= 15 is 0 Å². The van der Waals surface area contributed by atoms with Crippen molar-refractivity contribution in [1.82, 2.24) is 0 Å². The summed E-state index contributed by atoms with van der Waals surface area (Å²) in [7, 11) is 0. The van der Waals surface area contributed by atoms with Gasteiger partial charge in [-0.25, -0.2) is 0 Å². The molecule has 4 saturated carbocycles. The molecule has 0 amide bonds. The van der Waals surface area contributed by atoms with E-state index in [9.17, 15) is 0 Å². The van der Waals surface area contributed by atoms with Crippen molar-refractivity contribution in [2.75, 3.05) is 0 Å². The van der Waals surface area contributed by atoms with Gasteiger partial charge < -0.3 is 0 Å². The van der Waals surface area contributed by atoms with Gasteiger partial charge in [-0.3, -0.25) is 0 Å². The molecule has 3 atom stereocenters. The van der Waals surface area contributed by atoms with Gasteiger partial charge in [0.1, 0.15) is 0 Å². The van der Waals surface area contributed by atoms with Crippen LogP contribution in [0.15, 0.2) is 36.9 Å². The zero-order valence-electron chi connectivity index (χ0n) is 12.6. The van der Waals surface area contributed by atoms with Gasteiger partial charge >= 0.3 is 0 Å². The predicted octanol–water partition coefficient (Wildman–Crippen LogP) is 5.27. The van der Waals surface area contributed by atoms with E-state index in [0.29, 0.717) is 5.41 Å². The molecule has 4 fully saturated rings. The molecule has 4 bridgehead atoms. The lowest BCUT2D eigenvalue weighted by Crippen LogP contribution is -2.55. The molecule has 5 rings (SSSR count). The Kier molecular flexibility index (Phi) is 2.84. The van der Waals surface area contributed by atoms with Crippen molar-refractivity contribution in [2.24, 2.45) is 23.7 Å². The molecule has 0 saturated heterocycles. The van der Waals surface area contributed by atoms with Crippen LogP contribution in [-0.4, -0.2) is 0 Å². The molecule has 0 N–H and O–H groups in total. The molecular weight excluding hydrogens is 240 g/mol. The van der Waals surface area contributed by atoms with Crippen molar-refractivity contribution in [1.29, 1.82) is 0 Å². The minimum Gasteiger partial charge on any atom is -0.103 e. The van der Waals surface area contributed by atoms with Gasteiger partial charge in [0.15, 0.2) is 0 Å². The fourth-order valence-corrected chi connectivity index (χ4v) is 6.29. The molecule has 0 radical (unpaired) electrons. The highest BCUT2D eigenvalue weighted by Gasteiger charge is 2.57. The van der Waals surface area contributed by atoms with Crippen LogP contribution in [0.2, 0.25) is 0 Å². The summed E-state index contributed by atoms with van der Waals surface area (Å²) >= 11 is 0. The molecule has 106 valence electrons. The Bertz CT molecular complexity index is 513. The third-order valence-electron chi connectivity index (χ3n) is 6.63. The van der Waals surface area contributed by atoms with E-state index in [4.69, 9.17) is 0 Å². The highest BCUT2D eigenvalue weighted by Crippen LogP contribution is 2.64. The van der Waals surface area contributed by atoms with Gasteiger partial charge in [-0.15, -0.1) is 6.58 Å². The lowest BCUT2D eigenvalue weighted by molar-refractivity contribution is -0.0605. The number of benzene rings is 1. The summed E-state index contributed by atoms with van der Waals surface area (Å²) in [5.41, 5.74) is 3.67. The van der Waals surface area contributed by atoms with Gasteiger partial charge in [0, 0.05) is 0 Å². The minimum atomic E-state index is 0.480. The van der Waals surface area contributed by atoms with Crippen molar-refractivity contribution in [3.05, 3.63) is 48.0 Å². The van der Waals surface area contributed by atoms with Crippen LogP contribution < -0.4 is 0 Å². The zero-order valence-corrected chi connectivity index (χ0v) is 12.6. The Morgan fingerprint density at radius 2 is 1.85 bits per heavy atom. The van der Waals surface area contributed by atoms with Crippen molar-refractivity contribution >= 4 is 0 Å². The summed E-state index contributed by atoms with van der Waals surface area (Å²) in [6, 6.07) is 9.20. The summed E-state index contributed by atoms with van der Waals surface area (Å²) in [5.74, 6) is 3.84. The normalized spacial score (nSPS) is 41.9. The maximum Gasteiger partial charge on any atom is -0.000528 e. The van der Waals surface area contributed by atoms with Crippen LogP contribution >= 0.6 is 0 Å². The van der Waals surface area contributed by atoms with Crippen molar-refractivity contribution in [3.8, 4) is 0 Å². The molecule has 3 unspecified atom stereocenters. The molecule has 20 heavy (non-hydrogen) atoms. The standard InChI is InChI=1S/C20H26/c1-3-6-19-17-10-15-9-16(11-17)13-20(19,12-15)18-8-5-4-7-14(18)2/h3-5,7-8,15-17,19H,1,6,9-13H2,2H3. The molecular formula is C20H26. The Labute approximate surface area is 123 Å². The Hall–Kier alpha value is -1.04.